The first-order valence-corrected chi connectivity index (χ1v) is 3.14. The Labute approximate surface area is 72.3 Å². The largest absolute Gasteiger partial charge is 0.427 e. The maximum Gasteiger partial charge on any atom is 0.197 e. The predicted molar refractivity (Wildman–Crippen MR) is 39.4 cm³/mol. The van der Waals surface area contributed by atoms with E-state index in [0.717, 1.165) is 12.4 Å². The van der Waals surface area contributed by atoms with Gasteiger partial charge in [0.25, 0.3) is 0 Å². The summed E-state index contributed by atoms with van der Waals surface area (Å²) in [6, 6.07) is 1.61. The number of nitrogens with one attached hydrogen (secondary N) is 1. The van der Waals surface area contributed by atoms with Gasteiger partial charge < -0.3 is 10.4 Å². The molecular weight excluding hydrogens is 174 g/mol. The Hall–Kier alpha value is -2.36. The molecule has 1 rings (SSSR count). The Balaban J connectivity index is 3.41. The lowest BCUT2D eigenvalue weighted by Crippen LogP contribution is -2.23. The van der Waals surface area contributed by atoms with Crippen LogP contribution in [0.4, 0.5) is 0 Å². The maximum atomic E-state index is 9.03. The molecule has 1 aromatic heterocycles. The average Bonchev–Trinajstić information content (AvgIpc) is 2.11. The Morgan fingerprint density at radius 2 is 2.46 bits per heavy atom. The second-order valence-electron chi connectivity index (χ2n) is 2.06. The summed E-state index contributed by atoms with van der Waals surface area (Å²) in [6.07, 6.45) is 1.98. The van der Waals surface area contributed by atoms with Gasteiger partial charge in [0.1, 0.15) is 11.8 Å². The van der Waals surface area contributed by atoms with Crippen molar-refractivity contribution < 1.29 is 10.4 Å². The Kier molecular flexibility index (Phi) is 2.26. The summed E-state index contributed by atoms with van der Waals surface area (Å²) < 4.78 is 0.419. The van der Waals surface area contributed by atoms with E-state index in [1.165, 1.54) is 0 Å². The first-order chi connectivity index (χ1) is 6.19. The van der Waals surface area contributed by atoms with Crippen molar-refractivity contribution in [3.8, 4) is 6.07 Å². The van der Waals surface area contributed by atoms with Crippen LogP contribution in [0.1, 0.15) is 11.4 Å². The average molecular weight is 179 g/mol. The molecule has 0 amide bonds. The van der Waals surface area contributed by atoms with E-state index < -0.39 is 5.49 Å². The fraction of sp³-hybridized carbons (Fsp3) is 0. The van der Waals surface area contributed by atoms with Crippen LogP contribution in [0.5, 0.6) is 0 Å². The van der Waals surface area contributed by atoms with Gasteiger partial charge in [-0.2, -0.15) is 9.99 Å². The molecule has 0 aromatic carbocycles. The van der Waals surface area contributed by atoms with Gasteiger partial charge in [0.15, 0.2) is 11.2 Å². The van der Waals surface area contributed by atoms with Crippen molar-refractivity contribution in [3.63, 3.8) is 0 Å². The van der Waals surface area contributed by atoms with E-state index in [9.17, 15) is 0 Å². The Bertz CT molecular complexity index is 441. The summed E-state index contributed by atoms with van der Waals surface area (Å²) in [6.45, 7) is 0. The molecule has 0 fully saturated rings. The molecule has 0 radical (unpaired) electrons. The summed E-state index contributed by atoms with van der Waals surface area (Å²) in [4.78, 5) is 3.60. The quantitative estimate of drug-likeness (QED) is 0.228. The monoisotopic (exact) mass is 179 g/mol. The highest BCUT2D eigenvalue weighted by Crippen LogP contribution is 1.88. The van der Waals surface area contributed by atoms with Gasteiger partial charge in [0.2, 0.25) is 0 Å². The van der Waals surface area contributed by atoms with E-state index in [1.807, 2.05) is 0 Å². The number of hydrogen-bond acceptors (Lipinski definition) is 6. The molecule has 0 saturated carbocycles. The van der Waals surface area contributed by atoms with Crippen molar-refractivity contribution in [2.45, 2.75) is 0 Å². The van der Waals surface area contributed by atoms with E-state index in [4.69, 9.17) is 21.1 Å². The van der Waals surface area contributed by atoms with Crippen LogP contribution in [0.15, 0.2) is 11.4 Å². The van der Waals surface area contributed by atoms with Crippen molar-refractivity contribution in [3.05, 3.63) is 23.1 Å². The fourth-order valence-electron chi connectivity index (χ4n) is 0.709. The van der Waals surface area contributed by atoms with Crippen molar-refractivity contribution in [1.82, 2.24) is 9.71 Å². The second kappa shape index (κ2) is 3.36. The number of oxime groups is 1. The molecule has 7 nitrogen and oxygen atoms in total. The molecule has 1 heterocycles. The number of aromatic nitrogens is 2. The zero-order valence-corrected chi connectivity index (χ0v) is 6.34. The predicted octanol–water partition coefficient (Wildman–Crippen LogP) is -0.720. The molecule has 0 atom stereocenters. The number of nitriles is 1. The highest BCUT2D eigenvalue weighted by atomic mass is 16.5. The third kappa shape index (κ3) is 1.62. The normalized spacial score (nSPS) is 10.1. The minimum atomic E-state index is -0.419. The van der Waals surface area contributed by atoms with Crippen LogP contribution < -0.4 is 5.49 Å². The second-order valence-corrected chi connectivity index (χ2v) is 2.06. The smallest absolute Gasteiger partial charge is 0.197 e. The summed E-state index contributed by atoms with van der Waals surface area (Å²) in [7, 11) is 0. The molecule has 0 saturated heterocycles. The summed E-state index contributed by atoms with van der Waals surface area (Å²) in [5, 5.41) is 35.5. The first-order valence-electron chi connectivity index (χ1n) is 3.14. The van der Waals surface area contributed by atoms with Crippen LogP contribution in [0.25, 0.3) is 0 Å². The van der Waals surface area contributed by atoms with Crippen molar-refractivity contribution in [2.24, 2.45) is 5.16 Å². The molecule has 3 N–H and O–H groups in total. The maximum absolute atomic E-state index is 9.03. The third-order valence-electron chi connectivity index (χ3n) is 1.24. The van der Waals surface area contributed by atoms with E-state index in [1.54, 1.807) is 6.07 Å². The number of rotatable bonds is 1. The molecule has 13 heavy (non-hydrogen) atoms. The van der Waals surface area contributed by atoms with Gasteiger partial charge in [0, 0.05) is 0 Å². The van der Waals surface area contributed by atoms with Crippen LogP contribution in [-0.2, 0) is 0 Å². The van der Waals surface area contributed by atoms with E-state index in [0.29, 0.717) is 4.73 Å². The van der Waals surface area contributed by atoms with E-state index >= 15 is 0 Å². The van der Waals surface area contributed by atoms with Crippen molar-refractivity contribution >= 4 is 6.21 Å². The molecule has 0 spiro atoms. The summed E-state index contributed by atoms with van der Waals surface area (Å²) >= 11 is 0. The van der Waals surface area contributed by atoms with Gasteiger partial charge in [-0.1, -0.05) is 5.16 Å². The van der Waals surface area contributed by atoms with Crippen LogP contribution in [0.2, 0.25) is 0 Å². The zero-order chi connectivity index (χ0) is 9.84. The van der Waals surface area contributed by atoms with Gasteiger partial charge in [-0.15, -0.1) is 0 Å². The van der Waals surface area contributed by atoms with Gasteiger partial charge in [-0.25, -0.2) is 4.98 Å². The standard InChI is InChI=1S/C6H5N5O2/c7-1-5-6(8)11(13)3-4(10-5)2-9-12/h2-3,8,12-13H. The molecular formula is C6H5N5O2. The highest BCUT2D eigenvalue weighted by Gasteiger charge is 2.02. The number of hydrogen-bond donors (Lipinski definition) is 3. The van der Waals surface area contributed by atoms with E-state index in [-0.39, 0.29) is 11.4 Å². The van der Waals surface area contributed by atoms with Crippen molar-refractivity contribution in [2.75, 3.05) is 0 Å². The first kappa shape index (κ1) is 8.73. The topological polar surface area (TPSA) is 118 Å². The van der Waals surface area contributed by atoms with Gasteiger partial charge >= 0.3 is 0 Å². The highest BCUT2D eigenvalue weighted by molar-refractivity contribution is 5.75. The molecule has 0 unspecified atom stereocenters. The van der Waals surface area contributed by atoms with Gasteiger partial charge in [-0.05, 0) is 0 Å². The number of nitrogens with zero attached hydrogens (tertiary/aromatic N) is 4. The lowest BCUT2D eigenvalue weighted by Gasteiger charge is -1.98. The molecule has 0 aliphatic carbocycles. The van der Waals surface area contributed by atoms with Crippen LogP contribution in [-0.4, -0.2) is 26.3 Å². The van der Waals surface area contributed by atoms with Gasteiger partial charge in [0.05, 0.1) is 12.4 Å². The minimum Gasteiger partial charge on any atom is -0.427 e. The van der Waals surface area contributed by atoms with Crippen LogP contribution >= 0.6 is 0 Å². The van der Waals surface area contributed by atoms with Crippen molar-refractivity contribution in [1.29, 1.82) is 10.7 Å². The molecule has 0 bridgehead atoms. The van der Waals surface area contributed by atoms with E-state index in [2.05, 4.69) is 10.1 Å². The minimum absolute atomic E-state index is 0.0811. The Morgan fingerprint density at radius 3 is 3.00 bits per heavy atom. The summed E-state index contributed by atoms with van der Waals surface area (Å²) in [5.74, 6) is 0. The van der Waals surface area contributed by atoms with Crippen LogP contribution in [0.3, 0.4) is 0 Å². The molecule has 1 aromatic rings. The summed E-state index contributed by atoms with van der Waals surface area (Å²) in [5.41, 5.74) is -0.588. The molecule has 0 aliphatic heterocycles. The molecule has 7 heteroatoms. The van der Waals surface area contributed by atoms with Crippen LogP contribution in [0, 0.1) is 16.7 Å². The lowest BCUT2D eigenvalue weighted by atomic mass is 10.4. The molecule has 0 aliphatic rings. The fourth-order valence-corrected chi connectivity index (χ4v) is 0.709. The Morgan fingerprint density at radius 1 is 1.77 bits per heavy atom. The lowest BCUT2D eigenvalue weighted by molar-refractivity contribution is 0.168. The SMILES string of the molecule is N#Cc1nc(C=NO)cn(O)c1=N. The zero-order valence-electron chi connectivity index (χ0n) is 6.34. The third-order valence-corrected chi connectivity index (χ3v) is 1.24. The van der Waals surface area contributed by atoms with Gasteiger partial charge in [-0.3, -0.25) is 5.41 Å². The molecule has 66 valence electrons.